The van der Waals surface area contributed by atoms with Crippen LogP contribution >= 0.6 is 0 Å². The summed E-state index contributed by atoms with van der Waals surface area (Å²) in [6.07, 6.45) is 3.28. The number of hydrogen-bond acceptors (Lipinski definition) is 2. The molecule has 196 valence electrons. The molecule has 1 amide bonds. The summed E-state index contributed by atoms with van der Waals surface area (Å²) in [4.78, 5) is 18.9. The Kier molecular flexibility index (Phi) is 6.54. The van der Waals surface area contributed by atoms with Crippen LogP contribution in [0.15, 0.2) is 103 Å². The monoisotopic (exact) mass is 512 g/mol. The first kappa shape index (κ1) is 24.4. The van der Waals surface area contributed by atoms with Gasteiger partial charge in [0.05, 0.1) is 0 Å². The van der Waals surface area contributed by atoms with E-state index in [0.29, 0.717) is 17.8 Å². The molecule has 0 radical (unpaired) electrons. The number of hydrogen-bond donors (Lipinski definition) is 0. The summed E-state index contributed by atoms with van der Waals surface area (Å²) in [7, 11) is 0. The van der Waals surface area contributed by atoms with E-state index in [2.05, 4.69) is 107 Å². The van der Waals surface area contributed by atoms with Crippen molar-refractivity contribution in [3.05, 3.63) is 131 Å². The van der Waals surface area contributed by atoms with E-state index in [9.17, 15) is 4.79 Å². The van der Waals surface area contributed by atoms with Crippen molar-refractivity contribution in [1.82, 2.24) is 9.80 Å². The minimum Gasteiger partial charge on any atom is -0.338 e. The zero-order valence-corrected chi connectivity index (χ0v) is 22.5. The number of benzene rings is 4. The van der Waals surface area contributed by atoms with Crippen LogP contribution in [0.3, 0.4) is 0 Å². The third kappa shape index (κ3) is 4.70. The van der Waals surface area contributed by atoms with E-state index in [1.807, 2.05) is 6.07 Å². The molecule has 0 aromatic heterocycles. The third-order valence-corrected chi connectivity index (χ3v) is 9.39. The Bertz CT molecular complexity index is 1460. The van der Waals surface area contributed by atoms with Gasteiger partial charge in [0.15, 0.2) is 0 Å². The fraction of sp³-hybridized carbons (Fsp3) is 0.306. The molecular weight excluding hydrogens is 476 g/mol. The first-order valence-electron chi connectivity index (χ1n) is 14.6. The lowest BCUT2D eigenvalue weighted by Crippen LogP contribution is -2.38. The topological polar surface area (TPSA) is 23.6 Å². The van der Waals surface area contributed by atoms with Gasteiger partial charge in [-0.05, 0) is 83.6 Å². The molecule has 2 heterocycles. The van der Waals surface area contributed by atoms with Crippen LogP contribution in [0.25, 0.3) is 11.1 Å². The van der Waals surface area contributed by atoms with Crippen molar-refractivity contribution in [2.75, 3.05) is 32.7 Å². The highest BCUT2D eigenvalue weighted by Crippen LogP contribution is 2.40. The van der Waals surface area contributed by atoms with Gasteiger partial charge in [0.1, 0.15) is 0 Å². The van der Waals surface area contributed by atoms with Crippen LogP contribution in [0.5, 0.6) is 0 Å². The maximum Gasteiger partial charge on any atom is 0.254 e. The van der Waals surface area contributed by atoms with Gasteiger partial charge in [0.25, 0.3) is 5.91 Å². The predicted molar refractivity (Wildman–Crippen MR) is 158 cm³/mol. The SMILES string of the molecule is O=C(c1cccc2c1Cc1ccccc1-2)N1CC(CN2CCC(c3ccccc3)CC2)C(c2ccccc2)C1. The maximum atomic E-state index is 14.1. The largest absolute Gasteiger partial charge is 0.338 e. The lowest BCUT2D eigenvalue weighted by atomic mass is 9.86. The van der Waals surface area contributed by atoms with Gasteiger partial charge >= 0.3 is 0 Å². The van der Waals surface area contributed by atoms with Crippen LogP contribution in [0, 0.1) is 5.92 Å². The van der Waals surface area contributed by atoms with E-state index in [1.165, 1.54) is 46.2 Å². The van der Waals surface area contributed by atoms with Crippen LogP contribution in [-0.2, 0) is 6.42 Å². The van der Waals surface area contributed by atoms with Crippen LogP contribution in [-0.4, -0.2) is 48.4 Å². The number of likely N-dealkylation sites (tertiary alicyclic amines) is 2. The van der Waals surface area contributed by atoms with Gasteiger partial charge in [-0.3, -0.25) is 4.79 Å². The van der Waals surface area contributed by atoms with E-state index < -0.39 is 0 Å². The lowest BCUT2D eigenvalue weighted by Gasteiger charge is -2.34. The van der Waals surface area contributed by atoms with E-state index in [-0.39, 0.29) is 5.91 Å². The normalized spacial score (nSPS) is 21.1. The van der Waals surface area contributed by atoms with Crippen molar-refractivity contribution < 1.29 is 4.79 Å². The van der Waals surface area contributed by atoms with Gasteiger partial charge in [-0.25, -0.2) is 0 Å². The van der Waals surface area contributed by atoms with E-state index in [1.54, 1.807) is 0 Å². The third-order valence-electron chi connectivity index (χ3n) is 9.39. The van der Waals surface area contributed by atoms with Crippen LogP contribution in [0.1, 0.15) is 57.3 Å². The van der Waals surface area contributed by atoms with Gasteiger partial charge in [-0.2, -0.15) is 0 Å². The van der Waals surface area contributed by atoms with Crippen molar-refractivity contribution in [2.24, 2.45) is 5.92 Å². The summed E-state index contributed by atoms with van der Waals surface area (Å²) in [5, 5.41) is 0. The summed E-state index contributed by atoms with van der Waals surface area (Å²) in [6.45, 7) is 4.95. The highest BCUT2D eigenvalue weighted by Gasteiger charge is 2.39. The van der Waals surface area contributed by atoms with Gasteiger partial charge in [0, 0.05) is 31.1 Å². The molecule has 2 fully saturated rings. The van der Waals surface area contributed by atoms with Crippen molar-refractivity contribution in [1.29, 1.82) is 0 Å². The number of nitrogens with zero attached hydrogens (tertiary/aromatic N) is 2. The number of fused-ring (bicyclic) bond motifs is 3. The van der Waals surface area contributed by atoms with Crippen molar-refractivity contribution in [2.45, 2.75) is 31.1 Å². The molecule has 3 nitrogen and oxygen atoms in total. The van der Waals surface area contributed by atoms with Crippen LogP contribution in [0.4, 0.5) is 0 Å². The van der Waals surface area contributed by atoms with Crippen molar-refractivity contribution in [3.63, 3.8) is 0 Å². The number of carbonyl (C=O) groups excluding carboxylic acids is 1. The van der Waals surface area contributed by atoms with Gasteiger partial charge in [0.2, 0.25) is 0 Å². The molecule has 7 rings (SSSR count). The summed E-state index contributed by atoms with van der Waals surface area (Å²) in [6, 6.07) is 36.8. The average Bonchev–Trinajstić information content (AvgIpc) is 3.60. The Hall–Kier alpha value is -3.69. The first-order valence-corrected chi connectivity index (χ1v) is 14.6. The molecule has 0 saturated carbocycles. The Labute approximate surface area is 232 Å². The van der Waals surface area contributed by atoms with E-state index in [4.69, 9.17) is 0 Å². The quantitative estimate of drug-likeness (QED) is 0.253. The van der Waals surface area contributed by atoms with Gasteiger partial charge in [-0.15, -0.1) is 0 Å². The highest BCUT2D eigenvalue weighted by atomic mass is 16.2. The predicted octanol–water partition coefficient (Wildman–Crippen LogP) is 6.99. The summed E-state index contributed by atoms with van der Waals surface area (Å²) in [5.74, 6) is 1.68. The van der Waals surface area contributed by atoms with Crippen LogP contribution in [0.2, 0.25) is 0 Å². The number of piperidine rings is 1. The lowest BCUT2D eigenvalue weighted by molar-refractivity contribution is 0.0780. The molecule has 2 saturated heterocycles. The van der Waals surface area contributed by atoms with Crippen molar-refractivity contribution >= 4 is 5.91 Å². The molecule has 3 aliphatic rings. The van der Waals surface area contributed by atoms with E-state index >= 15 is 0 Å². The van der Waals surface area contributed by atoms with Gasteiger partial charge in [-0.1, -0.05) is 97.1 Å². The Morgan fingerprint density at radius 3 is 2.13 bits per heavy atom. The fourth-order valence-corrected chi connectivity index (χ4v) is 7.33. The molecule has 4 aromatic carbocycles. The average molecular weight is 513 g/mol. The number of carbonyl (C=O) groups is 1. The molecule has 1 aliphatic carbocycles. The summed E-state index contributed by atoms with van der Waals surface area (Å²) >= 11 is 0. The molecular formula is C36H36N2O. The molecule has 3 heteroatoms. The molecule has 4 aromatic rings. The number of amides is 1. The molecule has 0 bridgehead atoms. The second-order valence-corrected chi connectivity index (χ2v) is 11.6. The second kappa shape index (κ2) is 10.5. The standard InChI is InChI=1S/C36H36N2O/c39-36(33-17-9-16-32-31-15-8-7-14-29(31)22-34(32)33)38-24-30(35(25-38)28-12-5-2-6-13-28)23-37-20-18-27(19-21-37)26-10-3-1-4-11-26/h1-17,27,30,35H,18-25H2. The van der Waals surface area contributed by atoms with Gasteiger partial charge < -0.3 is 9.80 Å². The van der Waals surface area contributed by atoms with E-state index in [0.717, 1.165) is 44.7 Å². The molecule has 2 atom stereocenters. The first-order chi connectivity index (χ1) is 19.2. The molecule has 39 heavy (non-hydrogen) atoms. The molecule has 2 unspecified atom stereocenters. The minimum atomic E-state index is 0.200. The Balaban J connectivity index is 1.10. The summed E-state index contributed by atoms with van der Waals surface area (Å²) < 4.78 is 0. The molecule has 2 aliphatic heterocycles. The zero-order chi connectivity index (χ0) is 26.2. The minimum absolute atomic E-state index is 0.200. The van der Waals surface area contributed by atoms with Crippen molar-refractivity contribution in [3.8, 4) is 11.1 Å². The second-order valence-electron chi connectivity index (χ2n) is 11.6. The Morgan fingerprint density at radius 1 is 0.692 bits per heavy atom. The Morgan fingerprint density at radius 2 is 1.36 bits per heavy atom. The zero-order valence-electron chi connectivity index (χ0n) is 22.5. The summed E-state index contributed by atoms with van der Waals surface area (Å²) in [5.41, 5.74) is 8.77. The fourth-order valence-electron chi connectivity index (χ4n) is 7.33. The van der Waals surface area contributed by atoms with Crippen LogP contribution < -0.4 is 0 Å². The maximum absolute atomic E-state index is 14.1. The number of rotatable bonds is 5. The molecule has 0 N–H and O–H groups in total. The highest BCUT2D eigenvalue weighted by molar-refractivity contribution is 5.99. The smallest absolute Gasteiger partial charge is 0.254 e. The molecule has 0 spiro atoms.